The lowest BCUT2D eigenvalue weighted by Gasteiger charge is -2.32. The summed E-state index contributed by atoms with van der Waals surface area (Å²) in [7, 11) is 1.72. The Bertz CT molecular complexity index is 2840. The van der Waals surface area contributed by atoms with Gasteiger partial charge in [-0.2, -0.15) is 0 Å². The number of piperidine rings is 3. The summed E-state index contributed by atoms with van der Waals surface area (Å²) in [5.74, 6) is 6.99. The third-order valence-electron chi connectivity index (χ3n) is 14.8. The fraction of sp³-hybridized carbons (Fsp3) is 0.463. The van der Waals surface area contributed by atoms with Crippen LogP contribution in [0.15, 0.2) is 77.6 Å². The predicted octanol–water partition coefficient (Wildman–Crippen LogP) is 6.63. The van der Waals surface area contributed by atoms with Crippen LogP contribution in [0.25, 0.3) is 21.8 Å². The summed E-state index contributed by atoms with van der Waals surface area (Å²) in [4.78, 5) is 68.9. The summed E-state index contributed by atoms with van der Waals surface area (Å²) in [6.07, 6.45) is 5.67. The first-order valence-electron chi connectivity index (χ1n) is 24.5. The molecular weight excluding hydrogens is 860 g/mol. The molecule has 5 aromatic rings. The van der Waals surface area contributed by atoms with Crippen molar-refractivity contribution in [3.63, 3.8) is 0 Å². The van der Waals surface area contributed by atoms with Gasteiger partial charge in [0, 0.05) is 68.8 Å². The molecule has 13 nitrogen and oxygen atoms in total. The summed E-state index contributed by atoms with van der Waals surface area (Å²) in [6, 6.07) is 22.7. The maximum Gasteiger partial charge on any atom is 0.329 e. The first-order chi connectivity index (χ1) is 32.9. The first-order valence-corrected chi connectivity index (χ1v) is 24.5. The topological polar surface area (TPSA) is 150 Å². The van der Waals surface area contributed by atoms with Crippen molar-refractivity contribution in [1.82, 2.24) is 34.9 Å². The average molecular weight is 923 g/mol. The number of carbonyl (C=O) groups is 4. The smallest absolute Gasteiger partial charge is 0.329 e. The number of imidazole rings is 1. The van der Waals surface area contributed by atoms with Gasteiger partial charge in [-0.05, 0) is 142 Å². The zero-order valence-corrected chi connectivity index (χ0v) is 39.4. The zero-order chi connectivity index (χ0) is 47.5. The van der Waals surface area contributed by atoms with Crippen LogP contribution in [0.4, 0.5) is 10.1 Å². The van der Waals surface area contributed by atoms with Gasteiger partial charge in [0.1, 0.15) is 12.2 Å². The number of unbranched alkanes of at least 4 members (excludes halogenated alkanes) is 1. The van der Waals surface area contributed by atoms with Gasteiger partial charge >= 0.3 is 5.69 Å². The number of imide groups is 1. The quantitative estimate of drug-likeness (QED) is 0.0620. The first kappa shape index (κ1) is 46.8. The number of likely N-dealkylation sites (tertiary alicyclic amines) is 2. The molecule has 4 atom stereocenters. The van der Waals surface area contributed by atoms with E-state index in [-0.39, 0.29) is 47.8 Å². The van der Waals surface area contributed by atoms with Gasteiger partial charge in [-0.3, -0.25) is 33.6 Å². The van der Waals surface area contributed by atoms with Crippen LogP contribution in [0, 0.1) is 24.7 Å². The van der Waals surface area contributed by atoms with Crippen LogP contribution in [0.1, 0.15) is 115 Å². The Morgan fingerprint density at radius 3 is 2.40 bits per heavy atom. The van der Waals surface area contributed by atoms with E-state index in [0.717, 1.165) is 102 Å². The number of rotatable bonds is 12. The third-order valence-corrected chi connectivity index (χ3v) is 14.8. The van der Waals surface area contributed by atoms with E-state index >= 15 is 0 Å². The van der Waals surface area contributed by atoms with E-state index in [1.165, 1.54) is 4.57 Å². The van der Waals surface area contributed by atoms with Crippen molar-refractivity contribution < 1.29 is 23.6 Å². The summed E-state index contributed by atoms with van der Waals surface area (Å²) in [5, 5.41) is 14.0. The molecule has 4 fully saturated rings. The molecule has 68 heavy (non-hydrogen) atoms. The van der Waals surface area contributed by atoms with Crippen LogP contribution >= 0.6 is 0 Å². The Balaban J connectivity index is 0.715. The van der Waals surface area contributed by atoms with Gasteiger partial charge in [-0.1, -0.05) is 54.3 Å². The lowest BCUT2D eigenvalue weighted by atomic mass is 9.89. The maximum absolute atomic E-state index is 14.3. The molecular formula is C54H63FN8O5. The Labute approximate surface area is 397 Å². The minimum atomic E-state index is -0.977. The highest BCUT2D eigenvalue weighted by Crippen LogP contribution is 2.33. The Morgan fingerprint density at radius 1 is 0.868 bits per heavy atom. The normalized spacial score (nSPS) is 21.1. The van der Waals surface area contributed by atoms with Crippen molar-refractivity contribution >= 4 is 51.1 Å². The van der Waals surface area contributed by atoms with Crippen LogP contribution in [-0.4, -0.2) is 101 Å². The second-order valence-electron chi connectivity index (χ2n) is 19.3. The highest BCUT2D eigenvalue weighted by molar-refractivity contribution is 6.00. The third kappa shape index (κ3) is 10.1. The molecule has 4 aliphatic rings. The van der Waals surface area contributed by atoms with Crippen LogP contribution in [-0.2, 0) is 21.4 Å². The minimum Gasteiger partial charge on any atom is -0.378 e. The summed E-state index contributed by atoms with van der Waals surface area (Å²) in [5.41, 5.74) is 6.46. The molecule has 4 aliphatic heterocycles. The average Bonchev–Trinajstić information content (AvgIpc) is 3.87. The van der Waals surface area contributed by atoms with E-state index in [9.17, 15) is 28.4 Å². The van der Waals surface area contributed by atoms with Gasteiger partial charge in [0.2, 0.25) is 17.7 Å². The van der Waals surface area contributed by atoms with Crippen molar-refractivity contribution in [2.75, 3.05) is 51.1 Å². The van der Waals surface area contributed by atoms with Crippen molar-refractivity contribution in [3.8, 4) is 11.8 Å². The Hall–Kier alpha value is -6.30. The molecule has 4 saturated heterocycles. The lowest BCUT2D eigenvalue weighted by molar-refractivity contribution is -0.136. The van der Waals surface area contributed by atoms with Crippen molar-refractivity contribution in [2.45, 2.75) is 102 Å². The van der Waals surface area contributed by atoms with E-state index in [2.05, 4.69) is 62.3 Å². The van der Waals surface area contributed by atoms with Gasteiger partial charge in [-0.15, -0.1) is 0 Å². The van der Waals surface area contributed by atoms with E-state index < -0.39 is 18.1 Å². The fourth-order valence-electron chi connectivity index (χ4n) is 10.7. The number of alkyl halides is 1. The number of carbonyl (C=O) groups excluding carboxylic acids is 4. The molecule has 14 heteroatoms. The number of fused-ring (bicyclic) bond motifs is 2. The highest BCUT2D eigenvalue weighted by atomic mass is 19.1. The van der Waals surface area contributed by atoms with Gasteiger partial charge < -0.3 is 25.8 Å². The van der Waals surface area contributed by atoms with Crippen molar-refractivity contribution in [2.24, 2.45) is 13.0 Å². The number of halogens is 1. The van der Waals surface area contributed by atoms with Gasteiger partial charge in [0.15, 0.2) is 0 Å². The zero-order valence-electron chi connectivity index (χ0n) is 39.4. The second-order valence-corrected chi connectivity index (χ2v) is 19.3. The molecule has 1 aromatic heterocycles. The Morgan fingerprint density at radius 2 is 1.65 bits per heavy atom. The SMILES string of the molecule is Cc1ccc(N[C@H]2CNC[C@H]2F)cc1C(=O)N[C@H](C)c1ccc(C#CC2CCN(CCCCC(=O)N3CCC(c4ccc5c(c4)n(C)c(=O)n5C4CCC(=O)NC4=O)CC3)CC2)c2ccccc12. The molecule has 4 aromatic carbocycles. The van der Waals surface area contributed by atoms with Crippen molar-refractivity contribution in [3.05, 3.63) is 111 Å². The monoisotopic (exact) mass is 922 g/mol. The largest absolute Gasteiger partial charge is 0.378 e. The Kier molecular flexibility index (Phi) is 14.1. The van der Waals surface area contributed by atoms with E-state index in [0.29, 0.717) is 56.0 Å². The highest BCUT2D eigenvalue weighted by Gasteiger charge is 2.32. The second kappa shape index (κ2) is 20.5. The number of hydrogen-bond donors (Lipinski definition) is 4. The lowest BCUT2D eigenvalue weighted by Crippen LogP contribution is -2.44. The standard InChI is InChI=1S/C54H63FN8O5/c1-34-11-16-40(58-46-33-56-32-45(46)55)31-44(34)52(66)57-35(2)41-17-14-38(42-8-4-5-9-43(41)42)13-12-36-21-26-61(27-22-36)25-7-6-10-51(65)62-28-23-37(24-29-62)39-15-18-47-49(30-39)60(3)54(68)63(47)48-19-20-50(64)59-53(48)67/h4-5,8-9,11,14-18,30-31,35-37,45-46,48,56,58H,6-7,10,19-29,32-33H2,1-3H3,(H,57,66)(H,59,64,67)/t35-,45-,46+,48?/m1/s1. The number of anilines is 1. The van der Waals surface area contributed by atoms with Gasteiger partial charge in [0.25, 0.3) is 5.91 Å². The number of benzene rings is 4. The fourth-order valence-corrected chi connectivity index (χ4v) is 10.7. The number of nitrogens with one attached hydrogen (secondary N) is 4. The van der Waals surface area contributed by atoms with Crippen molar-refractivity contribution in [1.29, 1.82) is 0 Å². The molecule has 0 radical (unpaired) electrons. The minimum absolute atomic E-state index is 0.173. The molecule has 356 valence electrons. The molecule has 1 unspecified atom stereocenters. The summed E-state index contributed by atoms with van der Waals surface area (Å²) < 4.78 is 17.4. The number of nitrogens with zero attached hydrogens (tertiary/aromatic N) is 4. The number of hydrogen-bond acceptors (Lipinski definition) is 8. The molecule has 0 spiro atoms. The van der Waals surface area contributed by atoms with Gasteiger partial charge in [-0.25, -0.2) is 9.18 Å². The van der Waals surface area contributed by atoms with Gasteiger partial charge in [0.05, 0.1) is 23.1 Å². The predicted molar refractivity (Wildman–Crippen MR) is 263 cm³/mol. The molecule has 0 aliphatic carbocycles. The van der Waals surface area contributed by atoms with E-state index in [4.69, 9.17) is 0 Å². The summed E-state index contributed by atoms with van der Waals surface area (Å²) >= 11 is 0. The maximum atomic E-state index is 14.3. The number of amides is 4. The molecule has 9 rings (SSSR count). The van der Waals surface area contributed by atoms with Crippen LogP contribution < -0.4 is 27.0 Å². The molecule has 4 N–H and O–H groups in total. The molecule has 4 amide bonds. The van der Waals surface area contributed by atoms with E-state index in [1.54, 1.807) is 11.6 Å². The summed E-state index contributed by atoms with van der Waals surface area (Å²) in [6.45, 7) is 9.17. The molecule has 0 bridgehead atoms. The van der Waals surface area contributed by atoms with Crippen LogP contribution in [0.2, 0.25) is 0 Å². The van der Waals surface area contributed by atoms with Crippen LogP contribution in [0.3, 0.4) is 0 Å². The molecule has 5 heterocycles. The van der Waals surface area contributed by atoms with Crippen LogP contribution in [0.5, 0.6) is 0 Å². The number of aryl methyl sites for hydroxylation is 2. The van der Waals surface area contributed by atoms with E-state index in [1.807, 2.05) is 67.3 Å². The number of aromatic nitrogens is 2. The molecule has 0 saturated carbocycles.